The Morgan fingerprint density at radius 3 is 2.36 bits per heavy atom. The second-order valence-electron chi connectivity index (χ2n) is 9.60. The molecule has 0 spiro atoms. The number of nitrogens with one attached hydrogen (secondary N) is 2. The lowest BCUT2D eigenvalue weighted by atomic mass is 9.79. The number of rotatable bonds is 8. The Bertz CT molecular complexity index is 1130. The number of ether oxygens (including phenoxy) is 2. The van der Waals surface area contributed by atoms with Crippen molar-refractivity contribution in [2.45, 2.75) is 45.3 Å². The van der Waals surface area contributed by atoms with E-state index in [0.29, 0.717) is 17.1 Å². The number of urea groups is 1. The van der Waals surface area contributed by atoms with Crippen molar-refractivity contribution < 1.29 is 23.9 Å². The molecule has 2 saturated heterocycles. The summed E-state index contributed by atoms with van der Waals surface area (Å²) >= 11 is 0. The van der Waals surface area contributed by atoms with Gasteiger partial charge in [-0.25, -0.2) is 4.79 Å². The van der Waals surface area contributed by atoms with Gasteiger partial charge in [-0.2, -0.15) is 0 Å². The van der Waals surface area contributed by atoms with Crippen LogP contribution in [0.25, 0.3) is 0 Å². The first-order chi connectivity index (χ1) is 17.2. The van der Waals surface area contributed by atoms with E-state index < -0.39 is 5.54 Å². The maximum atomic E-state index is 13.5. The molecule has 192 valence electrons. The SMILES string of the molecule is COc1cccc(CN2C(=O)NC(C)(C3CCN(Cc4ccc(NC(C)=O)cc4)CC3)C2=O)c1OC. The molecule has 2 aliphatic heterocycles. The largest absolute Gasteiger partial charge is 0.493 e. The molecule has 2 aromatic rings. The van der Waals surface area contributed by atoms with Crippen LogP contribution >= 0.6 is 0 Å². The van der Waals surface area contributed by atoms with Gasteiger partial charge in [0.1, 0.15) is 5.54 Å². The molecule has 4 amide bonds. The van der Waals surface area contributed by atoms with Crippen molar-refractivity contribution in [3.05, 3.63) is 53.6 Å². The zero-order valence-electron chi connectivity index (χ0n) is 21.3. The van der Waals surface area contributed by atoms with Crippen LogP contribution in [0.4, 0.5) is 10.5 Å². The molecule has 36 heavy (non-hydrogen) atoms. The van der Waals surface area contributed by atoms with Gasteiger partial charge in [-0.15, -0.1) is 0 Å². The molecule has 2 aliphatic rings. The van der Waals surface area contributed by atoms with Crippen LogP contribution < -0.4 is 20.1 Å². The second kappa shape index (κ2) is 10.6. The molecule has 9 nitrogen and oxygen atoms in total. The van der Waals surface area contributed by atoms with Crippen molar-refractivity contribution in [3.63, 3.8) is 0 Å². The number of carbonyl (C=O) groups is 3. The molecule has 0 saturated carbocycles. The van der Waals surface area contributed by atoms with Gasteiger partial charge in [0.25, 0.3) is 5.91 Å². The first-order valence-corrected chi connectivity index (χ1v) is 12.2. The third kappa shape index (κ3) is 5.16. The van der Waals surface area contributed by atoms with Crippen molar-refractivity contribution in [2.75, 3.05) is 32.6 Å². The number of hydrogen-bond donors (Lipinski definition) is 2. The third-order valence-corrected chi connectivity index (χ3v) is 7.20. The summed E-state index contributed by atoms with van der Waals surface area (Å²) in [6.07, 6.45) is 1.62. The topological polar surface area (TPSA) is 100 Å². The molecule has 2 fully saturated rings. The number of piperidine rings is 1. The molecule has 2 heterocycles. The molecule has 0 aliphatic carbocycles. The van der Waals surface area contributed by atoms with E-state index in [2.05, 4.69) is 15.5 Å². The van der Waals surface area contributed by atoms with Crippen LogP contribution in [-0.4, -0.2) is 60.5 Å². The number of amides is 4. The minimum Gasteiger partial charge on any atom is -0.493 e. The lowest BCUT2D eigenvalue weighted by molar-refractivity contribution is -0.133. The van der Waals surface area contributed by atoms with Gasteiger partial charge in [-0.05, 0) is 62.5 Å². The maximum absolute atomic E-state index is 13.5. The van der Waals surface area contributed by atoms with Crippen LogP contribution in [0.1, 0.15) is 37.8 Å². The minimum atomic E-state index is -0.935. The quantitative estimate of drug-likeness (QED) is 0.546. The van der Waals surface area contributed by atoms with Crippen LogP contribution in [0.3, 0.4) is 0 Å². The number of benzene rings is 2. The predicted octanol–water partition coefficient (Wildman–Crippen LogP) is 3.38. The standard InChI is InChI=1S/C27H34N4O5/c1-18(32)28-22-10-8-19(9-11-22)16-30-14-12-21(13-15-30)27(2)25(33)31(26(34)29-27)17-20-6-5-7-23(35-3)24(20)36-4/h5-11,21H,12-17H2,1-4H3,(H,28,32)(H,29,34). The number of likely N-dealkylation sites (tertiary alicyclic amines) is 1. The van der Waals surface area contributed by atoms with Crippen LogP contribution in [0.15, 0.2) is 42.5 Å². The Morgan fingerprint density at radius 1 is 1.06 bits per heavy atom. The molecule has 1 atom stereocenters. The van der Waals surface area contributed by atoms with E-state index in [9.17, 15) is 14.4 Å². The first kappa shape index (κ1) is 25.5. The number of para-hydroxylation sites is 1. The highest BCUT2D eigenvalue weighted by Gasteiger charge is 2.52. The Morgan fingerprint density at radius 2 is 1.75 bits per heavy atom. The molecule has 2 aromatic carbocycles. The number of carbonyl (C=O) groups excluding carboxylic acids is 3. The van der Waals surface area contributed by atoms with Gasteiger partial charge in [0.2, 0.25) is 5.91 Å². The summed E-state index contributed by atoms with van der Waals surface area (Å²) in [4.78, 5) is 41.2. The van der Waals surface area contributed by atoms with Gasteiger partial charge in [0.15, 0.2) is 11.5 Å². The highest BCUT2D eigenvalue weighted by Crippen LogP contribution is 2.36. The zero-order valence-corrected chi connectivity index (χ0v) is 21.3. The lowest BCUT2D eigenvalue weighted by Gasteiger charge is -2.39. The number of nitrogens with zero attached hydrogens (tertiary/aromatic N) is 2. The van der Waals surface area contributed by atoms with E-state index in [1.807, 2.05) is 43.3 Å². The number of methoxy groups -OCH3 is 2. The minimum absolute atomic E-state index is 0.0459. The lowest BCUT2D eigenvalue weighted by Crippen LogP contribution is -2.53. The molecule has 1 unspecified atom stereocenters. The molecule has 0 aromatic heterocycles. The Labute approximate surface area is 211 Å². The summed E-state index contributed by atoms with van der Waals surface area (Å²) in [6, 6.07) is 12.9. The van der Waals surface area contributed by atoms with Gasteiger partial charge >= 0.3 is 6.03 Å². The molecule has 9 heteroatoms. The number of anilines is 1. The van der Waals surface area contributed by atoms with Gasteiger partial charge in [0, 0.05) is 24.7 Å². The first-order valence-electron chi connectivity index (χ1n) is 12.2. The number of imide groups is 1. The van der Waals surface area contributed by atoms with Gasteiger partial charge in [-0.1, -0.05) is 24.3 Å². The fraction of sp³-hybridized carbons (Fsp3) is 0.444. The molecule has 2 N–H and O–H groups in total. The molecule has 0 bridgehead atoms. The summed E-state index contributed by atoms with van der Waals surface area (Å²) in [5, 5.41) is 5.76. The molecular weight excluding hydrogens is 460 g/mol. The van der Waals surface area contributed by atoms with Crippen LogP contribution in [-0.2, 0) is 22.7 Å². The zero-order chi connectivity index (χ0) is 25.9. The number of hydrogen-bond acceptors (Lipinski definition) is 6. The van der Waals surface area contributed by atoms with Gasteiger partial charge in [0.05, 0.1) is 20.8 Å². The van der Waals surface area contributed by atoms with Gasteiger partial charge < -0.3 is 20.1 Å². The Hall–Kier alpha value is -3.59. The highest BCUT2D eigenvalue weighted by atomic mass is 16.5. The summed E-state index contributed by atoms with van der Waals surface area (Å²) in [6.45, 7) is 5.92. The summed E-state index contributed by atoms with van der Waals surface area (Å²) in [5.41, 5.74) is 1.72. The summed E-state index contributed by atoms with van der Waals surface area (Å²) < 4.78 is 10.8. The Kier molecular flexibility index (Phi) is 7.49. The van der Waals surface area contributed by atoms with Crippen LogP contribution in [0, 0.1) is 5.92 Å². The van der Waals surface area contributed by atoms with Crippen LogP contribution in [0.5, 0.6) is 11.5 Å². The predicted molar refractivity (Wildman–Crippen MR) is 136 cm³/mol. The van der Waals surface area contributed by atoms with Crippen molar-refractivity contribution in [2.24, 2.45) is 5.92 Å². The van der Waals surface area contributed by atoms with Crippen molar-refractivity contribution in [3.8, 4) is 11.5 Å². The smallest absolute Gasteiger partial charge is 0.325 e. The highest BCUT2D eigenvalue weighted by molar-refractivity contribution is 6.07. The van der Waals surface area contributed by atoms with E-state index in [1.54, 1.807) is 20.3 Å². The molecule has 4 rings (SSSR count). The van der Waals surface area contributed by atoms with Crippen molar-refractivity contribution >= 4 is 23.5 Å². The second-order valence-corrected chi connectivity index (χ2v) is 9.60. The van der Waals surface area contributed by atoms with Crippen molar-refractivity contribution in [1.29, 1.82) is 0 Å². The molecular formula is C27H34N4O5. The third-order valence-electron chi connectivity index (χ3n) is 7.20. The average Bonchev–Trinajstić information content (AvgIpc) is 3.08. The van der Waals surface area contributed by atoms with E-state index in [-0.39, 0.29) is 30.3 Å². The molecule has 0 radical (unpaired) electrons. The van der Waals surface area contributed by atoms with Crippen molar-refractivity contribution in [1.82, 2.24) is 15.1 Å². The summed E-state index contributed by atoms with van der Waals surface area (Å²) in [5.74, 6) is 0.830. The fourth-order valence-corrected chi connectivity index (χ4v) is 5.21. The van der Waals surface area contributed by atoms with Crippen LogP contribution in [0.2, 0.25) is 0 Å². The summed E-state index contributed by atoms with van der Waals surface area (Å²) in [7, 11) is 3.10. The van der Waals surface area contributed by atoms with E-state index in [0.717, 1.165) is 43.7 Å². The van der Waals surface area contributed by atoms with E-state index in [1.165, 1.54) is 11.8 Å². The maximum Gasteiger partial charge on any atom is 0.325 e. The average molecular weight is 495 g/mol. The normalized spacial score (nSPS) is 20.8. The van der Waals surface area contributed by atoms with E-state index in [4.69, 9.17) is 9.47 Å². The fourth-order valence-electron chi connectivity index (χ4n) is 5.21. The van der Waals surface area contributed by atoms with Gasteiger partial charge in [-0.3, -0.25) is 19.4 Å². The monoisotopic (exact) mass is 494 g/mol. The Balaban J connectivity index is 1.38. The van der Waals surface area contributed by atoms with E-state index >= 15 is 0 Å².